The van der Waals surface area contributed by atoms with E-state index in [1.165, 1.54) is 11.3 Å². The van der Waals surface area contributed by atoms with Crippen molar-refractivity contribution in [2.45, 2.75) is 0 Å². The van der Waals surface area contributed by atoms with Gasteiger partial charge in [-0.2, -0.15) is 0 Å². The lowest BCUT2D eigenvalue weighted by atomic mass is 10.0. The molecule has 5 nitrogen and oxygen atoms in total. The van der Waals surface area contributed by atoms with Crippen molar-refractivity contribution in [3.63, 3.8) is 0 Å². The molecule has 0 aliphatic rings. The summed E-state index contributed by atoms with van der Waals surface area (Å²) in [5, 5.41) is 6.84. The number of aromatic nitrogens is 1. The Morgan fingerprint density at radius 1 is 1.07 bits per heavy atom. The maximum atomic E-state index is 12.5. The largest absolute Gasteiger partial charge is 0.495 e. The highest BCUT2D eigenvalue weighted by Gasteiger charge is 2.12. The number of hydrogen-bond donors (Lipinski definition) is 2. The van der Waals surface area contributed by atoms with Gasteiger partial charge in [0.15, 0.2) is 10.2 Å². The molecule has 8 heteroatoms. The third-order valence-corrected chi connectivity index (χ3v) is 5.80. The molecular weight excluding hydrogens is 438 g/mol. The standard InChI is InChI=1S/C22H16ClN3O2S2/c1-28-18-12-19-17(11-16(18)23)24-22(30-19)26-21(29)25-20(27)15-9-7-14(8-10-15)13-5-3-2-4-6-13/h2-12H,1H3,(H2,24,25,26,27,29). The van der Waals surface area contributed by atoms with E-state index in [1.807, 2.05) is 48.5 Å². The predicted octanol–water partition coefficient (Wildman–Crippen LogP) is 5.75. The quantitative estimate of drug-likeness (QED) is 0.385. The van der Waals surface area contributed by atoms with Gasteiger partial charge in [0.05, 0.1) is 22.3 Å². The number of hydrogen-bond acceptors (Lipinski definition) is 5. The Hall–Kier alpha value is -3.00. The summed E-state index contributed by atoms with van der Waals surface area (Å²) < 4.78 is 6.12. The molecule has 0 aliphatic carbocycles. The van der Waals surface area contributed by atoms with E-state index in [2.05, 4.69) is 15.6 Å². The monoisotopic (exact) mass is 453 g/mol. The number of nitrogens with zero attached hydrogens (tertiary/aromatic N) is 1. The van der Waals surface area contributed by atoms with E-state index in [0.717, 1.165) is 21.3 Å². The first kappa shape index (κ1) is 20.3. The van der Waals surface area contributed by atoms with E-state index in [0.29, 0.717) is 21.5 Å². The zero-order valence-electron chi connectivity index (χ0n) is 15.8. The lowest BCUT2D eigenvalue weighted by Gasteiger charge is -2.08. The Bertz CT molecular complexity index is 1220. The van der Waals surface area contributed by atoms with Crippen molar-refractivity contribution in [2.24, 2.45) is 0 Å². The lowest BCUT2D eigenvalue weighted by Crippen LogP contribution is -2.34. The Morgan fingerprint density at radius 3 is 2.47 bits per heavy atom. The number of fused-ring (bicyclic) bond motifs is 1. The molecular formula is C22H16ClN3O2S2. The van der Waals surface area contributed by atoms with Crippen LogP contribution in [0.3, 0.4) is 0 Å². The molecule has 0 unspecified atom stereocenters. The minimum absolute atomic E-state index is 0.171. The van der Waals surface area contributed by atoms with Crippen LogP contribution in [0.15, 0.2) is 66.7 Å². The summed E-state index contributed by atoms with van der Waals surface area (Å²) in [6.45, 7) is 0. The molecule has 1 amide bonds. The molecule has 0 radical (unpaired) electrons. The number of thiocarbonyl (C=S) groups is 1. The zero-order chi connectivity index (χ0) is 21.1. The molecule has 2 N–H and O–H groups in total. The van der Waals surface area contributed by atoms with Crippen molar-refractivity contribution >= 4 is 61.5 Å². The molecule has 0 spiro atoms. The highest BCUT2D eigenvalue weighted by molar-refractivity contribution is 7.80. The number of carbonyl (C=O) groups is 1. The summed E-state index contributed by atoms with van der Waals surface area (Å²) in [5.74, 6) is 0.284. The average Bonchev–Trinajstić information content (AvgIpc) is 3.14. The molecule has 0 bridgehead atoms. The molecule has 0 aliphatic heterocycles. The molecule has 0 saturated carbocycles. The van der Waals surface area contributed by atoms with Crippen LogP contribution >= 0.6 is 35.2 Å². The molecule has 0 saturated heterocycles. The Kier molecular flexibility index (Phi) is 5.94. The minimum Gasteiger partial charge on any atom is -0.495 e. The highest BCUT2D eigenvalue weighted by atomic mass is 35.5. The van der Waals surface area contributed by atoms with Crippen LogP contribution in [0.5, 0.6) is 5.75 Å². The number of nitrogens with one attached hydrogen (secondary N) is 2. The third kappa shape index (κ3) is 4.43. The van der Waals surface area contributed by atoms with Gasteiger partial charge in [0, 0.05) is 11.6 Å². The average molecular weight is 454 g/mol. The fourth-order valence-electron chi connectivity index (χ4n) is 2.89. The first-order valence-electron chi connectivity index (χ1n) is 8.95. The van der Waals surface area contributed by atoms with Gasteiger partial charge in [0.25, 0.3) is 5.91 Å². The van der Waals surface area contributed by atoms with Crippen LogP contribution in [-0.2, 0) is 0 Å². The summed E-state index contributed by atoms with van der Waals surface area (Å²) in [4.78, 5) is 16.9. The second-order valence-electron chi connectivity index (χ2n) is 6.33. The smallest absolute Gasteiger partial charge is 0.257 e. The second-order valence-corrected chi connectivity index (χ2v) is 8.17. The molecule has 0 atom stereocenters. The Labute approximate surface area is 187 Å². The number of thiazole rings is 1. The van der Waals surface area contributed by atoms with Crippen LogP contribution in [-0.4, -0.2) is 23.1 Å². The van der Waals surface area contributed by atoms with Crippen molar-refractivity contribution in [3.8, 4) is 16.9 Å². The minimum atomic E-state index is -0.294. The SMILES string of the molecule is COc1cc2sc(NC(=S)NC(=O)c3ccc(-c4ccccc4)cc3)nc2cc1Cl. The van der Waals surface area contributed by atoms with Gasteiger partial charge in [-0.3, -0.25) is 10.1 Å². The molecule has 0 fully saturated rings. The predicted molar refractivity (Wildman–Crippen MR) is 127 cm³/mol. The normalized spacial score (nSPS) is 10.6. The molecule has 150 valence electrons. The number of amides is 1. The topological polar surface area (TPSA) is 63.2 Å². The van der Waals surface area contributed by atoms with Gasteiger partial charge >= 0.3 is 0 Å². The van der Waals surface area contributed by atoms with Crippen LogP contribution in [0.1, 0.15) is 10.4 Å². The van der Waals surface area contributed by atoms with Gasteiger partial charge in [0.1, 0.15) is 5.75 Å². The number of carbonyl (C=O) groups excluding carboxylic acids is 1. The summed E-state index contributed by atoms with van der Waals surface area (Å²) >= 11 is 12.8. The summed E-state index contributed by atoms with van der Waals surface area (Å²) in [7, 11) is 1.56. The lowest BCUT2D eigenvalue weighted by molar-refractivity contribution is 0.0978. The van der Waals surface area contributed by atoms with E-state index >= 15 is 0 Å². The Balaban J connectivity index is 1.42. The van der Waals surface area contributed by atoms with Gasteiger partial charge in [-0.25, -0.2) is 4.98 Å². The van der Waals surface area contributed by atoms with E-state index < -0.39 is 0 Å². The number of ether oxygens (including phenoxy) is 1. The van der Waals surface area contributed by atoms with Gasteiger partial charge in [-0.15, -0.1) is 0 Å². The van der Waals surface area contributed by atoms with Crippen molar-refractivity contribution < 1.29 is 9.53 Å². The molecule has 4 aromatic rings. The first-order chi connectivity index (χ1) is 14.5. The van der Waals surface area contributed by atoms with Crippen molar-refractivity contribution in [1.29, 1.82) is 0 Å². The van der Waals surface area contributed by atoms with E-state index in [9.17, 15) is 4.79 Å². The van der Waals surface area contributed by atoms with Gasteiger partial charge in [-0.05, 0) is 41.5 Å². The fraction of sp³-hybridized carbons (Fsp3) is 0.0455. The van der Waals surface area contributed by atoms with Crippen LogP contribution in [0.4, 0.5) is 5.13 Å². The summed E-state index contributed by atoms with van der Waals surface area (Å²) in [5.41, 5.74) is 3.37. The maximum Gasteiger partial charge on any atom is 0.257 e. The van der Waals surface area contributed by atoms with E-state index in [4.69, 9.17) is 28.6 Å². The van der Waals surface area contributed by atoms with Gasteiger partial charge < -0.3 is 10.1 Å². The van der Waals surface area contributed by atoms with Crippen molar-refractivity contribution in [2.75, 3.05) is 12.4 Å². The fourth-order valence-corrected chi connectivity index (χ4v) is 4.26. The van der Waals surface area contributed by atoms with Gasteiger partial charge in [-0.1, -0.05) is 65.4 Å². The molecule has 1 aromatic heterocycles. The van der Waals surface area contributed by atoms with E-state index in [-0.39, 0.29) is 11.0 Å². The molecule has 30 heavy (non-hydrogen) atoms. The second kappa shape index (κ2) is 8.79. The highest BCUT2D eigenvalue weighted by Crippen LogP contribution is 2.34. The molecule has 1 heterocycles. The first-order valence-corrected chi connectivity index (χ1v) is 10.6. The Morgan fingerprint density at radius 2 is 1.77 bits per heavy atom. The zero-order valence-corrected chi connectivity index (χ0v) is 18.2. The number of rotatable bonds is 4. The number of benzene rings is 3. The number of anilines is 1. The van der Waals surface area contributed by atoms with Crippen LogP contribution in [0.2, 0.25) is 5.02 Å². The number of halogens is 1. The molecule has 4 rings (SSSR count). The summed E-state index contributed by atoms with van der Waals surface area (Å²) in [6.07, 6.45) is 0. The van der Waals surface area contributed by atoms with E-state index in [1.54, 1.807) is 25.3 Å². The third-order valence-electron chi connectivity index (χ3n) is 4.36. The van der Waals surface area contributed by atoms with Crippen LogP contribution in [0.25, 0.3) is 21.3 Å². The molecule has 3 aromatic carbocycles. The summed E-state index contributed by atoms with van der Waals surface area (Å²) in [6, 6.07) is 20.9. The van der Waals surface area contributed by atoms with Crippen LogP contribution < -0.4 is 15.4 Å². The maximum absolute atomic E-state index is 12.5. The van der Waals surface area contributed by atoms with Gasteiger partial charge in [0.2, 0.25) is 0 Å². The van der Waals surface area contributed by atoms with Crippen molar-refractivity contribution in [3.05, 3.63) is 77.3 Å². The van der Waals surface area contributed by atoms with Crippen molar-refractivity contribution in [1.82, 2.24) is 10.3 Å². The number of methoxy groups -OCH3 is 1. The van der Waals surface area contributed by atoms with Crippen LogP contribution in [0, 0.1) is 0 Å².